The molecule has 1 aliphatic carbocycles. The van der Waals surface area contributed by atoms with Crippen LogP contribution in [0.3, 0.4) is 0 Å². The largest absolute Gasteiger partial charge is 0.481 e. The summed E-state index contributed by atoms with van der Waals surface area (Å²) in [4.78, 5) is 24.0. The van der Waals surface area contributed by atoms with Crippen LogP contribution in [-0.4, -0.2) is 41.6 Å². The summed E-state index contributed by atoms with van der Waals surface area (Å²) >= 11 is 0. The van der Waals surface area contributed by atoms with Crippen molar-refractivity contribution in [3.05, 3.63) is 0 Å². The van der Waals surface area contributed by atoms with Gasteiger partial charge in [0.2, 0.25) is 0 Å². The first kappa shape index (κ1) is 15.8. The van der Waals surface area contributed by atoms with E-state index in [-0.39, 0.29) is 18.5 Å². The SMILES string of the molecule is CCC1CCCCC1NC(=O)N(C)CCCC(=O)O. The second-order valence-corrected chi connectivity index (χ2v) is 5.43. The normalized spacial score (nSPS) is 22.8. The Balaban J connectivity index is 2.33. The molecule has 5 heteroatoms. The number of urea groups is 1. The zero-order valence-electron chi connectivity index (χ0n) is 12.0. The van der Waals surface area contributed by atoms with Gasteiger partial charge in [0.15, 0.2) is 0 Å². The number of nitrogens with zero attached hydrogens (tertiary/aromatic N) is 1. The quantitative estimate of drug-likeness (QED) is 0.779. The molecule has 1 fully saturated rings. The number of carboxylic acids is 1. The second kappa shape index (κ2) is 8.02. The smallest absolute Gasteiger partial charge is 0.317 e. The van der Waals surface area contributed by atoms with Crippen molar-refractivity contribution in [2.24, 2.45) is 5.92 Å². The molecule has 1 aliphatic rings. The molecule has 0 aromatic rings. The van der Waals surface area contributed by atoms with E-state index in [4.69, 9.17) is 5.11 Å². The third-order valence-electron chi connectivity index (χ3n) is 3.97. The van der Waals surface area contributed by atoms with Gasteiger partial charge in [-0.1, -0.05) is 26.2 Å². The summed E-state index contributed by atoms with van der Waals surface area (Å²) in [6.07, 6.45) is 6.42. The van der Waals surface area contributed by atoms with Crippen LogP contribution in [0.15, 0.2) is 0 Å². The molecule has 110 valence electrons. The summed E-state index contributed by atoms with van der Waals surface area (Å²) in [5.74, 6) is -0.225. The van der Waals surface area contributed by atoms with Crippen LogP contribution in [-0.2, 0) is 4.79 Å². The Morgan fingerprint density at radius 1 is 1.32 bits per heavy atom. The fraction of sp³-hybridized carbons (Fsp3) is 0.857. The standard InChI is InChI=1S/C14H26N2O3/c1-3-11-7-4-5-8-12(11)15-14(19)16(2)10-6-9-13(17)18/h11-12H,3-10H2,1-2H3,(H,15,19)(H,17,18). The van der Waals surface area contributed by atoms with Crippen molar-refractivity contribution in [1.29, 1.82) is 0 Å². The Bertz CT molecular complexity index is 307. The highest BCUT2D eigenvalue weighted by atomic mass is 16.4. The van der Waals surface area contributed by atoms with Gasteiger partial charge in [-0.05, 0) is 25.2 Å². The van der Waals surface area contributed by atoms with E-state index in [1.165, 1.54) is 19.3 Å². The van der Waals surface area contributed by atoms with Crippen molar-refractivity contribution in [3.8, 4) is 0 Å². The van der Waals surface area contributed by atoms with Crippen molar-refractivity contribution in [3.63, 3.8) is 0 Å². The molecule has 5 nitrogen and oxygen atoms in total. The number of aliphatic carboxylic acids is 1. The van der Waals surface area contributed by atoms with E-state index in [2.05, 4.69) is 12.2 Å². The Hall–Kier alpha value is -1.26. The molecule has 0 spiro atoms. The lowest BCUT2D eigenvalue weighted by atomic mass is 9.83. The van der Waals surface area contributed by atoms with Gasteiger partial charge in [-0.15, -0.1) is 0 Å². The first-order valence-electron chi connectivity index (χ1n) is 7.28. The van der Waals surface area contributed by atoms with Crippen LogP contribution in [0.25, 0.3) is 0 Å². The van der Waals surface area contributed by atoms with Crippen molar-refractivity contribution >= 4 is 12.0 Å². The van der Waals surface area contributed by atoms with E-state index in [0.29, 0.717) is 18.9 Å². The minimum atomic E-state index is -0.813. The molecule has 0 aromatic carbocycles. The molecule has 0 aliphatic heterocycles. The minimum Gasteiger partial charge on any atom is -0.481 e. The molecule has 2 unspecified atom stereocenters. The van der Waals surface area contributed by atoms with Gasteiger partial charge in [-0.2, -0.15) is 0 Å². The van der Waals surface area contributed by atoms with Crippen LogP contribution in [0.2, 0.25) is 0 Å². The molecule has 2 atom stereocenters. The van der Waals surface area contributed by atoms with E-state index < -0.39 is 5.97 Å². The Morgan fingerprint density at radius 3 is 2.63 bits per heavy atom. The molecule has 2 amide bonds. The van der Waals surface area contributed by atoms with Crippen molar-refractivity contribution in [1.82, 2.24) is 10.2 Å². The maximum atomic E-state index is 12.0. The zero-order chi connectivity index (χ0) is 14.3. The van der Waals surface area contributed by atoms with Crippen LogP contribution in [0.1, 0.15) is 51.9 Å². The molecule has 0 radical (unpaired) electrons. The summed E-state index contributed by atoms with van der Waals surface area (Å²) in [7, 11) is 1.72. The number of nitrogens with one attached hydrogen (secondary N) is 1. The first-order valence-corrected chi connectivity index (χ1v) is 7.28. The first-order chi connectivity index (χ1) is 9.04. The summed E-state index contributed by atoms with van der Waals surface area (Å²) in [5, 5.41) is 11.7. The fourth-order valence-corrected chi connectivity index (χ4v) is 2.72. The van der Waals surface area contributed by atoms with E-state index in [9.17, 15) is 9.59 Å². The Morgan fingerprint density at radius 2 is 2.00 bits per heavy atom. The van der Waals surface area contributed by atoms with E-state index in [0.717, 1.165) is 12.8 Å². The van der Waals surface area contributed by atoms with Crippen LogP contribution < -0.4 is 5.32 Å². The monoisotopic (exact) mass is 270 g/mol. The molecular weight excluding hydrogens is 244 g/mol. The molecule has 0 saturated heterocycles. The number of carbonyl (C=O) groups is 2. The molecular formula is C14H26N2O3. The predicted molar refractivity (Wildman–Crippen MR) is 74.1 cm³/mol. The van der Waals surface area contributed by atoms with Gasteiger partial charge in [0.1, 0.15) is 0 Å². The average molecular weight is 270 g/mol. The molecule has 0 bridgehead atoms. The van der Waals surface area contributed by atoms with E-state index in [1.807, 2.05) is 0 Å². The van der Waals surface area contributed by atoms with Gasteiger partial charge in [-0.3, -0.25) is 4.79 Å². The maximum Gasteiger partial charge on any atom is 0.317 e. The molecule has 2 N–H and O–H groups in total. The minimum absolute atomic E-state index is 0.0734. The maximum absolute atomic E-state index is 12.0. The Kier molecular flexibility index (Phi) is 6.67. The van der Waals surface area contributed by atoms with Crippen molar-refractivity contribution in [2.75, 3.05) is 13.6 Å². The lowest BCUT2D eigenvalue weighted by Crippen LogP contribution is -2.47. The zero-order valence-corrected chi connectivity index (χ0v) is 12.0. The molecule has 0 aromatic heterocycles. The summed E-state index contributed by atoms with van der Waals surface area (Å²) < 4.78 is 0. The number of amides is 2. The van der Waals surface area contributed by atoms with Crippen molar-refractivity contribution in [2.45, 2.75) is 57.9 Å². The third-order valence-corrected chi connectivity index (χ3v) is 3.97. The lowest BCUT2D eigenvalue weighted by molar-refractivity contribution is -0.137. The van der Waals surface area contributed by atoms with Gasteiger partial charge in [0.25, 0.3) is 0 Å². The number of hydrogen-bond acceptors (Lipinski definition) is 2. The number of hydrogen-bond donors (Lipinski definition) is 2. The number of rotatable bonds is 6. The second-order valence-electron chi connectivity index (χ2n) is 5.43. The highest BCUT2D eigenvalue weighted by molar-refractivity contribution is 5.74. The highest BCUT2D eigenvalue weighted by Gasteiger charge is 2.25. The topological polar surface area (TPSA) is 69.6 Å². The van der Waals surface area contributed by atoms with Gasteiger partial charge in [-0.25, -0.2) is 4.79 Å². The average Bonchev–Trinajstić information content (AvgIpc) is 2.38. The summed E-state index contributed by atoms with van der Waals surface area (Å²) in [5.41, 5.74) is 0. The van der Waals surface area contributed by atoms with Crippen LogP contribution in [0.4, 0.5) is 4.79 Å². The lowest BCUT2D eigenvalue weighted by Gasteiger charge is -2.33. The third kappa shape index (κ3) is 5.49. The van der Waals surface area contributed by atoms with Crippen LogP contribution >= 0.6 is 0 Å². The van der Waals surface area contributed by atoms with Crippen molar-refractivity contribution < 1.29 is 14.7 Å². The molecule has 19 heavy (non-hydrogen) atoms. The summed E-state index contributed by atoms with van der Waals surface area (Å²) in [6.45, 7) is 2.66. The van der Waals surface area contributed by atoms with Gasteiger partial charge in [0, 0.05) is 26.1 Å². The molecule has 1 saturated carbocycles. The van der Waals surface area contributed by atoms with E-state index >= 15 is 0 Å². The van der Waals surface area contributed by atoms with Gasteiger partial charge < -0.3 is 15.3 Å². The fourth-order valence-electron chi connectivity index (χ4n) is 2.72. The van der Waals surface area contributed by atoms with E-state index in [1.54, 1.807) is 11.9 Å². The molecule has 1 rings (SSSR count). The highest BCUT2D eigenvalue weighted by Crippen LogP contribution is 2.26. The Labute approximate surface area is 115 Å². The van der Waals surface area contributed by atoms with Gasteiger partial charge >= 0.3 is 12.0 Å². The summed E-state index contributed by atoms with van der Waals surface area (Å²) in [6, 6.07) is 0.212. The van der Waals surface area contributed by atoms with Gasteiger partial charge in [0.05, 0.1) is 0 Å². The molecule has 0 heterocycles. The number of carboxylic acid groups (broad SMARTS) is 1. The number of carbonyl (C=O) groups excluding carboxylic acids is 1. The predicted octanol–water partition coefficient (Wildman–Crippen LogP) is 2.46. The van der Waals surface area contributed by atoms with Crippen LogP contribution in [0.5, 0.6) is 0 Å². The van der Waals surface area contributed by atoms with Crippen LogP contribution in [0, 0.1) is 5.92 Å².